The molecule has 2 aliphatic rings. The third-order valence-electron chi connectivity index (χ3n) is 5.68. The Hall–Kier alpha value is -3.06. The van der Waals surface area contributed by atoms with Gasteiger partial charge in [-0.1, -0.05) is 119 Å². The van der Waals surface area contributed by atoms with Crippen molar-refractivity contribution >= 4 is 0 Å². The van der Waals surface area contributed by atoms with E-state index in [2.05, 4.69) is 93.0 Å². The van der Waals surface area contributed by atoms with E-state index in [0.717, 1.165) is 11.3 Å². The topological polar surface area (TPSA) is 26.0 Å². The van der Waals surface area contributed by atoms with Crippen LogP contribution >= 0.6 is 0 Å². The van der Waals surface area contributed by atoms with Crippen molar-refractivity contribution in [1.82, 2.24) is 0 Å². The van der Waals surface area contributed by atoms with Crippen LogP contribution in [-0.4, -0.2) is 0 Å². The minimum absolute atomic E-state index is 0. The van der Waals surface area contributed by atoms with Crippen molar-refractivity contribution in [2.45, 2.75) is 46.5 Å². The van der Waals surface area contributed by atoms with Gasteiger partial charge >= 0.3 is 0 Å². The van der Waals surface area contributed by atoms with Gasteiger partial charge in [-0.2, -0.15) is 0 Å². The Morgan fingerprint density at radius 1 is 1.00 bits per heavy atom. The summed E-state index contributed by atoms with van der Waals surface area (Å²) in [6.07, 6.45) is 23.3. The molecule has 1 aromatic carbocycles. The summed E-state index contributed by atoms with van der Waals surface area (Å²) in [5, 5.41) is 0. The van der Waals surface area contributed by atoms with Crippen LogP contribution in [0.1, 0.15) is 52.2 Å². The summed E-state index contributed by atoms with van der Waals surface area (Å²) < 4.78 is 0. The molecule has 0 aromatic heterocycles. The molecule has 0 bridgehead atoms. The van der Waals surface area contributed by atoms with Gasteiger partial charge in [0.15, 0.2) is 0 Å². The summed E-state index contributed by atoms with van der Waals surface area (Å²) >= 11 is 0. The van der Waals surface area contributed by atoms with Gasteiger partial charge in [-0.15, -0.1) is 0 Å². The summed E-state index contributed by atoms with van der Waals surface area (Å²) in [5.41, 5.74) is 11.4. The molecular formula is C30H39N. The van der Waals surface area contributed by atoms with Gasteiger partial charge in [0.2, 0.25) is 0 Å². The van der Waals surface area contributed by atoms with Crippen molar-refractivity contribution in [3.05, 3.63) is 132 Å². The maximum atomic E-state index is 5.97. The van der Waals surface area contributed by atoms with Crippen molar-refractivity contribution in [2.75, 3.05) is 0 Å². The van der Waals surface area contributed by atoms with Crippen molar-refractivity contribution in [1.29, 1.82) is 0 Å². The Bertz CT molecular complexity index is 944. The molecule has 3 atom stereocenters. The fraction of sp³-hybridized carbons (Fsp3) is 0.267. The first kappa shape index (κ1) is 26.0. The minimum atomic E-state index is -0.350. The molecule has 0 saturated carbocycles. The molecule has 0 fully saturated rings. The molecule has 3 rings (SSSR count). The number of benzene rings is 1. The number of allylic oxidation sites excluding steroid dienone is 14. The van der Waals surface area contributed by atoms with E-state index in [-0.39, 0.29) is 18.8 Å². The zero-order valence-corrected chi connectivity index (χ0v) is 18.8. The Balaban J connectivity index is 0.00000156. The fourth-order valence-electron chi connectivity index (χ4n) is 4.71. The van der Waals surface area contributed by atoms with E-state index in [1.54, 1.807) is 0 Å². The Morgan fingerprint density at radius 3 is 2.29 bits per heavy atom. The van der Waals surface area contributed by atoms with Crippen LogP contribution in [0.2, 0.25) is 0 Å². The van der Waals surface area contributed by atoms with Crippen LogP contribution in [0.5, 0.6) is 0 Å². The molecule has 0 heterocycles. The van der Waals surface area contributed by atoms with Crippen LogP contribution in [0.4, 0.5) is 0 Å². The highest BCUT2D eigenvalue weighted by Crippen LogP contribution is 2.60. The van der Waals surface area contributed by atoms with E-state index < -0.39 is 0 Å². The van der Waals surface area contributed by atoms with E-state index in [1.165, 1.54) is 16.7 Å². The number of hydrogen-bond donors (Lipinski definition) is 1. The molecule has 0 aliphatic heterocycles. The molecule has 164 valence electrons. The molecule has 1 nitrogen and oxygen atoms in total. The predicted molar refractivity (Wildman–Crippen MR) is 140 cm³/mol. The zero-order valence-electron chi connectivity index (χ0n) is 18.8. The third-order valence-corrected chi connectivity index (χ3v) is 5.68. The van der Waals surface area contributed by atoms with Gasteiger partial charge in [0.25, 0.3) is 0 Å². The monoisotopic (exact) mass is 413 g/mol. The molecule has 0 amide bonds. The van der Waals surface area contributed by atoms with Crippen LogP contribution in [0.25, 0.3) is 0 Å². The number of hydrogen-bond acceptors (Lipinski definition) is 1. The smallest absolute Gasteiger partial charge is 0.0525 e. The maximum Gasteiger partial charge on any atom is 0.0525 e. The highest BCUT2D eigenvalue weighted by Gasteiger charge is 2.53. The van der Waals surface area contributed by atoms with Crippen LogP contribution < -0.4 is 5.73 Å². The second kappa shape index (κ2) is 12.0. The molecule has 2 N–H and O–H groups in total. The highest BCUT2D eigenvalue weighted by atomic mass is 14.6. The largest absolute Gasteiger partial charge is 0.402 e. The number of fused-ring (bicyclic) bond motifs is 3. The average Bonchev–Trinajstić information content (AvgIpc) is 3.07. The van der Waals surface area contributed by atoms with E-state index in [4.69, 9.17) is 5.73 Å². The van der Waals surface area contributed by atoms with Crippen molar-refractivity contribution < 1.29 is 0 Å². The lowest BCUT2D eigenvalue weighted by molar-refractivity contribution is 0.455. The van der Waals surface area contributed by atoms with Crippen LogP contribution in [0, 0.1) is 5.92 Å². The van der Waals surface area contributed by atoms with Gasteiger partial charge in [0.05, 0.1) is 5.41 Å². The Morgan fingerprint density at radius 2 is 1.68 bits per heavy atom. The van der Waals surface area contributed by atoms with E-state index in [9.17, 15) is 0 Å². The summed E-state index contributed by atoms with van der Waals surface area (Å²) in [7, 11) is 0. The third kappa shape index (κ3) is 4.66. The quantitative estimate of drug-likeness (QED) is 0.468. The maximum absolute atomic E-state index is 5.97. The van der Waals surface area contributed by atoms with E-state index in [1.807, 2.05) is 39.0 Å². The van der Waals surface area contributed by atoms with Gasteiger partial charge in [-0.05, 0) is 42.2 Å². The SMILES string of the molecule is C.C=C/C=C(\C=C/C)C1(/C(C=C)=C/C=C(\C)N)c2ccccc2C2C=CC=CC21.CC. The predicted octanol–water partition coefficient (Wildman–Crippen LogP) is 8.09. The fourth-order valence-corrected chi connectivity index (χ4v) is 4.71. The summed E-state index contributed by atoms with van der Waals surface area (Å²) in [6, 6.07) is 8.77. The molecule has 0 saturated heterocycles. The van der Waals surface area contributed by atoms with Crippen LogP contribution in [0.3, 0.4) is 0 Å². The second-order valence-corrected chi connectivity index (χ2v) is 7.31. The van der Waals surface area contributed by atoms with Crippen molar-refractivity contribution in [2.24, 2.45) is 11.7 Å². The van der Waals surface area contributed by atoms with Crippen molar-refractivity contribution in [3.8, 4) is 0 Å². The first-order valence-electron chi connectivity index (χ1n) is 10.8. The summed E-state index contributed by atoms with van der Waals surface area (Å²) in [6.45, 7) is 16.1. The highest BCUT2D eigenvalue weighted by molar-refractivity contribution is 5.65. The van der Waals surface area contributed by atoms with Gasteiger partial charge < -0.3 is 5.73 Å². The lowest BCUT2D eigenvalue weighted by Gasteiger charge is -2.40. The molecule has 1 heteroatoms. The van der Waals surface area contributed by atoms with Gasteiger partial charge in [0, 0.05) is 17.5 Å². The standard InChI is InChI=1S/C27H29N.C2H6.CH4/c1-5-12-22(13-6-2)27(21(7-3)19-18-20(4)28)25-16-10-8-14-23(25)24-15-9-11-17-26(24)27;1-2;/h5-19,23,25H,1,3,28H2,2,4H3;1-2H3;1H4/b13-6-,20-18+,21-19+,22-12+;;. The van der Waals surface area contributed by atoms with Gasteiger partial charge in [-0.25, -0.2) is 0 Å². The van der Waals surface area contributed by atoms with Gasteiger partial charge in [0.1, 0.15) is 0 Å². The molecule has 1 aromatic rings. The molecule has 0 spiro atoms. The number of nitrogens with two attached hydrogens (primary N) is 1. The minimum Gasteiger partial charge on any atom is -0.402 e. The van der Waals surface area contributed by atoms with Gasteiger partial charge in [-0.3, -0.25) is 0 Å². The molecule has 2 aliphatic carbocycles. The molecule has 31 heavy (non-hydrogen) atoms. The van der Waals surface area contributed by atoms with Crippen LogP contribution in [0.15, 0.2) is 121 Å². The average molecular weight is 414 g/mol. The molecular weight excluding hydrogens is 374 g/mol. The Labute approximate surface area is 190 Å². The summed E-state index contributed by atoms with van der Waals surface area (Å²) in [4.78, 5) is 0. The molecule has 0 radical (unpaired) electrons. The second-order valence-electron chi connectivity index (χ2n) is 7.31. The summed E-state index contributed by atoms with van der Waals surface area (Å²) in [5.74, 6) is 0.582. The van der Waals surface area contributed by atoms with Crippen molar-refractivity contribution in [3.63, 3.8) is 0 Å². The lowest BCUT2D eigenvalue weighted by Crippen LogP contribution is -2.35. The first-order chi connectivity index (χ1) is 14.6. The van der Waals surface area contributed by atoms with E-state index in [0.29, 0.717) is 5.92 Å². The number of rotatable bonds is 6. The lowest BCUT2D eigenvalue weighted by atomic mass is 9.62. The Kier molecular flexibility index (Phi) is 10.0. The normalized spacial score (nSPS) is 24.6. The van der Waals surface area contributed by atoms with Crippen LogP contribution in [-0.2, 0) is 5.41 Å². The van der Waals surface area contributed by atoms with E-state index >= 15 is 0 Å². The first-order valence-corrected chi connectivity index (χ1v) is 10.8. The zero-order chi connectivity index (χ0) is 22.1. The molecule has 3 unspecified atom stereocenters.